The highest BCUT2D eigenvalue weighted by Crippen LogP contribution is 2.54. The lowest BCUT2D eigenvalue weighted by atomic mass is 10.0. The molecule has 2 amide bonds. The molecule has 0 heterocycles. The van der Waals surface area contributed by atoms with Gasteiger partial charge in [0.25, 0.3) is 0 Å². The number of likely N-dealkylation sites (N-methyl/N-ethyl adjacent to an activating group) is 2. The van der Waals surface area contributed by atoms with Crippen LogP contribution in [0.2, 0.25) is 0 Å². The Morgan fingerprint density at radius 3 is 1.38 bits per heavy atom. The predicted molar refractivity (Wildman–Crippen MR) is 200 cm³/mol. The van der Waals surface area contributed by atoms with E-state index in [1.54, 1.807) is 6.92 Å². The van der Waals surface area contributed by atoms with Crippen LogP contribution in [0.25, 0.3) is 0 Å². The van der Waals surface area contributed by atoms with Gasteiger partial charge in [-0.25, -0.2) is 0 Å². The highest BCUT2D eigenvalue weighted by molar-refractivity contribution is 8.50. The third-order valence-corrected chi connectivity index (χ3v) is 10.2. The van der Waals surface area contributed by atoms with Gasteiger partial charge in [-0.1, -0.05) is 51.5 Å². The first-order chi connectivity index (χ1) is 21.5. The fourth-order valence-corrected chi connectivity index (χ4v) is 6.45. The highest BCUT2D eigenvalue weighted by atomic mass is 32.4. The van der Waals surface area contributed by atoms with E-state index in [2.05, 4.69) is 49.8 Å². The Bertz CT molecular complexity index is 779. The average Bonchev–Trinajstić information content (AvgIpc) is 3.01. The first-order valence-corrected chi connectivity index (χ1v) is 21.6. The molecule has 0 saturated heterocycles. The lowest BCUT2D eigenvalue weighted by Gasteiger charge is -2.17. The van der Waals surface area contributed by atoms with Gasteiger partial charge in [-0.3, -0.25) is 19.2 Å². The Kier molecular flexibility index (Phi) is 33.1. The first kappa shape index (κ1) is 46.5. The van der Waals surface area contributed by atoms with E-state index in [9.17, 15) is 19.2 Å². The van der Waals surface area contributed by atoms with Crippen LogP contribution in [0.3, 0.4) is 0 Å². The predicted octanol–water partition coefficient (Wildman–Crippen LogP) is 4.34. The lowest BCUT2D eigenvalue weighted by molar-refractivity contribution is -0.125. The van der Waals surface area contributed by atoms with Gasteiger partial charge in [0.15, 0.2) is 5.52 Å². The molecule has 6 N–H and O–H groups in total. The van der Waals surface area contributed by atoms with Gasteiger partial charge in [0.05, 0.1) is 12.1 Å². The summed E-state index contributed by atoms with van der Waals surface area (Å²) in [7, 11) is 10.2. The summed E-state index contributed by atoms with van der Waals surface area (Å²) in [5.74, 6) is 0.661. The molecule has 10 nitrogen and oxygen atoms in total. The molecule has 0 aromatic heterocycles. The van der Waals surface area contributed by atoms with Crippen LogP contribution in [0, 0.1) is 11.8 Å². The van der Waals surface area contributed by atoms with Crippen molar-refractivity contribution < 1.29 is 19.2 Å². The summed E-state index contributed by atoms with van der Waals surface area (Å²) >= 11 is 0. The van der Waals surface area contributed by atoms with E-state index in [0.717, 1.165) is 96.7 Å². The summed E-state index contributed by atoms with van der Waals surface area (Å²) in [5, 5.41) is 18.5. The lowest BCUT2D eigenvalue weighted by Crippen LogP contribution is -2.35. The molecule has 0 bridgehead atoms. The number of carbonyl (C=O) groups is 4. The highest BCUT2D eigenvalue weighted by Gasteiger charge is 2.19. The van der Waals surface area contributed by atoms with Gasteiger partial charge in [-0.15, -0.1) is 0 Å². The van der Waals surface area contributed by atoms with Gasteiger partial charge in [0, 0.05) is 32.2 Å². The van der Waals surface area contributed by atoms with Crippen molar-refractivity contribution in [2.75, 3.05) is 53.9 Å². The summed E-state index contributed by atoms with van der Waals surface area (Å²) in [6, 6.07) is -0.107. The molecule has 0 aliphatic heterocycles. The van der Waals surface area contributed by atoms with Gasteiger partial charge < -0.3 is 31.9 Å². The van der Waals surface area contributed by atoms with Crippen LogP contribution in [0.1, 0.15) is 105 Å². The Morgan fingerprint density at radius 1 is 0.622 bits per heavy atom. The zero-order chi connectivity index (χ0) is 34.5. The zero-order valence-electron chi connectivity index (χ0n) is 29.6. The van der Waals surface area contributed by atoms with Gasteiger partial charge in [0.1, 0.15) is 5.78 Å². The van der Waals surface area contributed by atoms with Gasteiger partial charge in [0.2, 0.25) is 11.8 Å². The molecule has 0 aliphatic carbocycles. The SMILES string of the molecule is CCNC(CCCCNC(=O)C(C)CCCCNC)C(C)=O.CNCCCCC(C)C(=O)NCCCCC(NC)C(=O)P(P)P. The summed E-state index contributed by atoms with van der Waals surface area (Å²) in [6.07, 6.45) is 11.7. The molecular formula is C32H69N6O4P3. The fraction of sp³-hybridized carbons (Fsp3) is 0.875. The maximum Gasteiger partial charge on any atom is 0.222 e. The van der Waals surface area contributed by atoms with Crippen molar-refractivity contribution in [3.63, 3.8) is 0 Å². The van der Waals surface area contributed by atoms with Crippen LogP contribution in [-0.2, 0) is 19.2 Å². The summed E-state index contributed by atoms with van der Waals surface area (Å²) < 4.78 is 0. The van der Waals surface area contributed by atoms with E-state index >= 15 is 0 Å². The summed E-state index contributed by atoms with van der Waals surface area (Å²) in [4.78, 5) is 47.2. The van der Waals surface area contributed by atoms with E-state index in [1.165, 1.54) is 0 Å². The summed E-state index contributed by atoms with van der Waals surface area (Å²) in [5.41, 5.74) is 0.261. The number of hydrogen-bond donors (Lipinski definition) is 6. The molecule has 0 fully saturated rings. The molecule has 0 saturated carbocycles. The molecule has 6 atom stereocenters. The minimum Gasteiger partial charge on any atom is -0.356 e. The fourth-order valence-electron chi connectivity index (χ4n) is 4.75. The topological polar surface area (TPSA) is 140 Å². The molecule has 0 aromatic rings. The van der Waals surface area contributed by atoms with E-state index in [1.807, 2.05) is 41.9 Å². The number of carbonyl (C=O) groups excluding carboxylic acids is 4. The van der Waals surface area contributed by atoms with Crippen molar-refractivity contribution in [1.29, 1.82) is 0 Å². The quantitative estimate of drug-likeness (QED) is 0.0526. The Hall–Kier alpha value is -0.590. The summed E-state index contributed by atoms with van der Waals surface area (Å²) in [6.45, 7) is 11.9. The third-order valence-electron chi connectivity index (χ3n) is 7.80. The van der Waals surface area contributed by atoms with Crippen LogP contribution in [0.4, 0.5) is 0 Å². The number of ketones is 1. The molecule has 6 unspecified atom stereocenters. The Morgan fingerprint density at radius 2 is 1.02 bits per heavy atom. The molecule has 0 aliphatic rings. The Labute approximate surface area is 281 Å². The average molecular weight is 695 g/mol. The van der Waals surface area contributed by atoms with E-state index in [-0.39, 0.29) is 47.0 Å². The van der Waals surface area contributed by atoms with E-state index in [4.69, 9.17) is 0 Å². The monoisotopic (exact) mass is 694 g/mol. The third kappa shape index (κ3) is 27.1. The largest absolute Gasteiger partial charge is 0.356 e. The number of rotatable bonds is 28. The molecular weight excluding hydrogens is 625 g/mol. The van der Waals surface area contributed by atoms with Crippen molar-refractivity contribution in [2.24, 2.45) is 11.8 Å². The number of amides is 2. The maximum absolute atomic E-state index is 12.0. The van der Waals surface area contributed by atoms with Crippen molar-refractivity contribution in [3.05, 3.63) is 0 Å². The second kappa shape index (κ2) is 32.0. The van der Waals surface area contributed by atoms with Crippen LogP contribution in [0.15, 0.2) is 0 Å². The van der Waals surface area contributed by atoms with Gasteiger partial charge in [-0.05, 0) is 112 Å². The maximum atomic E-state index is 12.0. The first-order valence-electron chi connectivity index (χ1n) is 17.1. The minimum atomic E-state index is -0.702. The van der Waals surface area contributed by atoms with Crippen molar-refractivity contribution >= 4 is 48.3 Å². The standard InChI is InChI=1S/C17H35N3O2.C15H34N3O2P3/c1-5-19-16(15(3)21)11-7-9-13-20-17(22)14(2)10-6-8-12-18-4;1-12(8-4-6-10-16-2)14(19)18-11-7-5-9-13(17-3)15(20)23(21)22/h14,16,18-19H,5-13H2,1-4H3,(H,20,22);12-13,16-17H,4-11,21-22H2,1-3H3,(H,18,19). The zero-order valence-corrected chi connectivity index (χ0v) is 32.8. The van der Waals surface area contributed by atoms with Crippen LogP contribution in [-0.4, -0.2) is 89.1 Å². The number of Topliss-reactive ketones (excluding diaryl/α,β-unsaturated/α-hetero) is 1. The molecule has 266 valence electrons. The molecule has 13 heteroatoms. The molecule has 0 spiro atoms. The molecule has 0 radical (unpaired) electrons. The van der Waals surface area contributed by atoms with Gasteiger partial charge in [-0.2, -0.15) is 0 Å². The minimum absolute atomic E-state index is 0.0354. The number of nitrogens with one attached hydrogen (secondary N) is 6. The second-order valence-corrected chi connectivity index (χ2v) is 18.3. The molecule has 45 heavy (non-hydrogen) atoms. The Balaban J connectivity index is 0. The second-order valence-electron chi connectivity index (χ2n) is 11.9. The normalized spacial score (nSPS) is 13.7. The number of unbranched alkanes of at least 4 members (excludes halogenated alkanes) is 4. The molecule has 0 rings (SSSR count). The van der Waals surface area contributed by atoms with Crippen molar-refractivity contribution in [1.82, 2.24) is 31.9 Å². The van der Waals surface area contributed by atoms with Gasteiger partial charge >= 0.3 is 0 Å². The van der Waals surface area contributed by atoms with Crippen molar-refractivity contribution in [2.45, 2.75) is 117 Å². The van der Waals surface area contributed by atoms with E-state index in [0.29, 0.717) is 13.1 Å². The van der Waals surface area contributed by atoms with Crippen LogP contribution < -0.4 is 31.9 Å². The van der Waals surface area contributed by atoms with E-state index < -0.39 is 7.30 Å². The van der Waals surface area contributed by atoms with Crippen LogP contribution in [0.5, 0.6) is 0 Å². The van der Waals surface area contributed by atoms with Crippen LogP contribution >= 0.6 is 25.2 Å². The molecule has 0 aromatic carbocycles. The number of hydrogen-bond acceptors (Lipinski definition) is 8. The van der Waals surface area contributed by atoms with Crippen molar-refractivity contribution in [3.8, 4) is 0 Å². The smallest absolute Gasteiger partial charge is 0.222 e.